The summed E-state index contributed by atoms with van der Waals surface area (Å²) in [5.74, 6) is -0.0236. The van der Waals surface area contributed by atoms with Crippen LogP contribution < -0.4 is 15.4 Å². The van der Waals surface area contributed by atoms with Gasteiger partial charge in [-0.3, -0.25) is 9.52 Å². The summed E-state index contributed by atoms with van der Waals surface area (Å²) in [4.78, 5) is 11.7. The minimum Gasteiger partial charge on any atom is -0.326 e. The number of amides is 1. The van der Waals surface area contributed by atoms with Crippen molar-refractivity contribution in [2.24, 2.45) is 0 Å². The number of hydrogen-bond acceptors (Lipinski definition) is 4. The van der Waals surface area contributed by atoms with Gasteiger partial charge in [-0.25, -0.2) is 8.42 Å². The molecule has 0 aromatic heterocycles. The highest BCUT2D eigenvalue weighted by Gasteiger charge is 2.20. The first-order valence-corrected chi connectivity index (χ1v) is 8.77. The fourth-order valence-corrected chi connectivity index (χ4v) is 2.41. The molecule has 116 valence electrons. The van der Waals surface area contributed by atoms with Gasteiger partial charge in [0.1, 0.15) is 0 Å². The Kier molecular flexibility index (Phi) is 5.19. The smallest absolute Gasteiger partial charge is 0.232 e. The predicted molar refractivity (Wildman–Crippen MR) is 83.8 cm³/mol. The molecule has 1 aromatic carbocycles. The lowest BCUT2D eigenvalue weighted by molar-refractivity contribution is -0.116. The molecule has 7 heteroatoms. The predicted octanol–water partition coefficient (Wildman–Crippen LogP) is 1.53. The van der Waals surface area contributed by atoms with Crippen LogP contribution in [0.15, 0.2) is 24.3 Å². The third-order valence-corrected chi connectivity index (χ3v) is 4.49. The van der Waals surface area contributed by atoms with Gasteiger partial charge in [0.2, 0.25) is 15.9 Å². The lowest BCUT2D eigenvalue weighted by Crippen LogP contribution is -2.23. The summed E-state index contributed by atoms with van der Waals surface area (Å²) in [5.41, 5.74) is 1.15. The summed E-state index contributed by atoms with van der Waals surface area (Å²) in [7, 11) is -3.27. The quantitative estimate of drug-likeness (QED) is 0.679. The zero-order valence-electron chi connectivity index (χ0n) is 12.1. The summed E-state index contributed by atoms with van der Waals surface area (Å²) in [5, 5.41) is 6.06. The molecule has 0 bridgehead atoms. The van der Waals surface area contributed by atoms with Gasteiger partial charge in [0, 0.05) is 30.4 Å². The van der Waals surface area contributed by atoms with Crippen molar-refractivity contribution in [3.8, 4) is 0 Å². The number of nitrogens with one attached hydrogen (secondary N) is 3. The average Bonchev–Trinajstić information content (AvgIpc) is 3.25. The molecule has 0 radical (unpaired) electrons. The van der Waals surface area contributed by atoms with Crippen molar-refractivity contribution >= 4 is 27.3 Å². The zero-order valence-corrected chi connectivity index (χ0v) is 12.9. The molecule has 0 spiro atoms. The van der Waals surface area contributed by atoms with Crippen LogP contribution in [0.4, 0.5) is 11.4 Å². The van der Waals surface area contributed by atoms with E-state index in [4.69, 9.17) is 0 Å². The maximum Gasteiger partial charge on any atom is 0.232 e. The Morgan fingerprint density at radius 2 is 1.81 bits per heavy atom. The lowest BCUT2D eigenvalue weighted by atomic mass is 10.3. The Balaban J connectivity index is 1.79. The Morgan fingerprint density at radius 1 is 1.19 bits per heavy atom. The van der Waals surface area contributed by atoms with Crippen LogP contribution >= 0.6 is 0 Å². The molecule has 0 aliphatic heterocycles. The van der Waals surface area contributed by atoms with Gasteiger partial charge >= 0.3 is 0 Å². The van der Waals surface area contributed by atoms with Crippen LogP contribution in [0.1, 0.15) is 26.2 Å². The Hall–Kier alpha value is -1.60. The van der Waals surface area contributed by atoms with E-state index in [0.717, 1.165) is 0 Å². The van der Waals surface area contributed by atoms with E-state index in [1.807, 2.05) is 0 Å². The molecule has 0 unspecified atom stereocenters. The third-order valence-electron chi connectivity index (χ3n) is 3.18. The number of benzene rings is 1. The zero-order chi connectivity index (χ0) is 15.3. The van der Waals surface area contributed by atoms with E-state index in [1.165, 1.54) is 12.8 Å². The second-order valence-corrected chi connectivity index (χ2v) is 7.12. The number of carbonyl (C=O) groups excluding carboxylic acids is 1. The Bertz CT molecular complexity index is 580. The van der Waals surface area contributed by atoms with Crippen molar-refractivity contribution in [2.75, 3.05) is 22.3 Å². The number of hydrogen-bond donors (Lipinski definition) is 3. The summed E-state index contributed by atoms with van der Waals surface area (Å²) >= 11 is 0. The van der Waals surface area contributed by atoms with Gasteiger partial charge in [-0.1, -0.05) is 0 Å². The maximum absolute atomic E-state index is 11.7. The molecule has 1 fully saturated rings. The van der Waals surface area contributed by atoms with Gasteiger partial charge in [0.05, 0.1) is 5.75 Å². The van der Waals surface area contributed by atoms with Crippen LogP contribution in [-0.2, 0) is 14.8 Å². The molecule has 1 amide bonds. The first-order chi connectivity index (χ1) is 9.98. The van der Waals surface area contributed by atoms with Gasteiger partial charge in [0.15, 0.2) is 0 Å². The summed E-state index contributed by atoms with van der Waals surface area (Å²) in [6.45, 7) is 2.26. The molecular formula is C14H21N3O3S. The normalized spacial score (nSPS) is 14.7. The van der Waals surface area contributed by atoms with Gasteiger partial charge < -0.3 is 10.6 Å². The van der Waals surface area contributed by atoms with Crippen molar-refractivity contribution in [2.45, 2.75) is 32.2 Å². The summed E-state index contributed by atoms with van der Waals surface area (Å²) < 4.78 is 25.3. The number of carbonyl (C=O) groups is 1. The highest BCUT2D eigenvalue weighted by atomic mass is 32.2. The van der Waals surface area contributed by atoms with Crippen LogP contribution in [0.5, 0.6) is 0 Å². The molecule has 21 heavy (non-hydrogen) atoms. The number of sulfonamides is 1. The molecule has 0 saturated heterocycles. The summed E-state index contributed by atoms with van der Waals surface area (Å²) in [6.07, 6.45) is 2.84. The monoisotopic (exact) mass is 311 g/mol. The minimum atomic E-state index is -3.27. The van der Waals surface area contributed by atoms with Crippen molar-refractivity contribution in [1.82, 2.24) is 5.32 Å². The molecule has 1 aliphatic rings. The topological polar surface area (TPSA) is 87.3 Å². The van der Waals surface area contributed by atoms with Gasteiger partial charge in [-0.2, -0.15) is 0 Å². The largest absolute Gasteiger partial charge is 0.326 e. The van der Waals surface area contributed by atoms with E-state index in [1.54, 1.807) is 31.2 Å². The second kappa shape index (κ2) is 6.91. The summed E-state index contributed by atoms with van der Waals surface area (Å²) in [6, 6.07) is 7.22. The van der Waals surface area contributed by atoms with Crippen LogP contribution in [0, 0.1) is 0 Å². The lowest BCUT2D eigenvalue weighted by Gasteiger charge is -2.08. The SMILES string of the molecule is CCS(=O)(=O)Nc1ccc(NC(=O)CCNC2CC2)cc1. The molecule has 1 aliphatic carbocycles. The molecule has 1 aromatic rings. The average molecular weight is 311 g/mol. The second-order valence-electron chi connectivity index (χ2n) is 5.11. The van der Waals surface area contributed by atoms with Crippen molar-refractivity contribution in [3.05, 3.63) is 24.3 Å². The van der Waals surface area contributed by atoms with E-state index in [2.05, 4.69) is 15.4 Å². The third kappa shape index (κ3) is 5.73. The van der Waals surface area contributed by atoms with Gasteiger partial charge in [0.25, 0.3) is 0 Å². The first kappa shape index (κ1) is 15.8. The van der Waals surface area contributed by atoms with E-state index >= 15 is 0 Å². The standard InChI is InChI=1S/C14H21N3O3S/c1-2-21(19,20)17-13-7-5-12(6-8-13)16-14(18)9-10-15-11-3-4-11/h5-8,11,15,17H,2-4,9-10H2,1H3,(H,16,18). The van der Waals surface area contributed by atoms with Crippen LogP contribution in [-0.4, -0.2) is 32.7 Å². The highest BCUT2D eigenvalue weighted by Crippen LogP contribution is 2.18. The van der Waals surface area contributed by atoms with Gasteiger partial charge in [-0.05, 0) is 44.0 Å². The molecule has 6 nitrogen and oxygen atoms in total. The van der Waals surface area contributed by atoms with E-state index in [-0.39, 0.29) is 11.7 Å². The maximum atomic E-state index is 11.7. The van der Waals surface area contributed by atoms with Gasteiger partial charge in [-0.15, -0.1) is 0 Å². The van der Waals surface area contributed by atoms with E-state index in [0.29, 0.717) is 30.4 Å². The molecule has 0 heterocycles. The fourth-order valence-electron chi connectivity index (χ4n) is 1.77. The molecular weight excluding hydrogens is 290 g/mol. The van der Waals surface area contributed by atoms with Crippen molar-refractivity contribution < 1.29 is 13.2 Å². The molecule has 0 atom stereocenters. The van der Waals surface area contributed by atoms with Crippen LogP contribution in [0.25, 0.3) is 0 Å². The van der Waals surface area contributed by atoms with Crippen molar-refractivity contribution in [1.29, 1.82) is 0 Å². The first-order valence-electron chi connectivity index (χ1n) is 7.12. The Morgan fingerprint density at radius 3 is 2.38 bits per heavy atom. The molecule has 2 rings (SSSR count). The number of anilines is 2. The van der Waals surface area contributed by atoms with Crippen molar-refractivity contribution in [3.63, 3.8) is 0 Å². The van der Waals surface area contributed by atoms with E-state index in [9.17, 15) is 13.2 Å². The molecule has 3 N–H and O–H groups in total. The minimum absolute atomic E-state index is 0.0273. The number of rotatable bonds is 8. The van der Waals surface area contributed by atoms with E-state index < -0.39 is 10.0 Å². The highest BCUT2D eigenvalue weighted by molar-refractivity contribution is 7.92. The fraction of sp³-hybridized carbons (Fsp3) is 0.500. The van der Waals surface area contributed by atoms with Crippen LogP contribution in [0.3, 0.4) is 0 Å². The molecule has 1 saturated carbocycles. The Labute approximate surface area is 125 Å². The van der Waals surface area contributed by atoms with Crippen LogP contribution in [0.2, 0.25) is 0 Å².